The van der Waals surface area contributed by atoms with Crippen LogP contribution in [-0.2, 0) is 9.59 Å². The molecule has 1 atom stereocenters. The fraction of sp³-hybridized carbons (Fsp3) is 0.524. The minimum Gasteiger partial charge on any atom is -0.493 e. The molecule has 0 aromatic heterocycles. The quantitative estimate of drug-likeness (QED) is 0.462. The lowest BCUT2D eigenvalue weighted by atomic mass is 9.97. The predicted octanol–water partition coefficient (Wildman–Crippen LogP) is 1.50. The van der Waals surface area contributed by atoms with Crippen LogP contribution in [0.1, 0.15) is 56.8 Å². The summed E-state index contributed by atoms with van der Waals surface area (Å²) in [5.74, 6) is -0.791. The molecule has 1 aromatic rings. The molecule has 1 aliphatic carbocycles. The number of rotatable bonds is 6. The number of carbonyl (C=O) groups excluding carboxylic acids is 4. The average Bonchev–Trinajstić information content (AvgIpc) is 3.29. The standard InChI is InChI=1S/C21H28N4O6/c1-12(2)31-15-8-7-14(11-16(15)30-4)18(27)24-23-17(26)13(3)25-19(28)21(22-20(25)29)9-5-6-10-21/h7-8,11-13H,5-6,9-10H2,1-4H3,(H,22,29)(H,23,26)(H,24,27). The molecule has 2 fully saturated rings. The van der Waals surface area contributed by atoms with E-state index in [-0.39, 0.29) is 11.7 Å². The van der Waals surface area contributed by atoms with Crippen LogP contribution >= 0.6 is 0 Å². The highest BCUT2D eigenvalue weighted by Crippen LogP contribution is 2.35. The van der Waals surface area contributed by atoms with E-state index in [2.05, 4.69) is 16.2 Å². The minimum absolute atomic E-state index is 0.0665. The molecule has 168 valence electrons. The third kappa shape index (κ3) is 4.42. The molecule has 5 amide bonds. The van der Waals surface area contributed by atoms with Crippen LogP contribution in [0, 0.1) is 0 Å². The van der Waals surface area contributed by atoms with Gasteiger partial charge < -0.3 is 14.8 Å². The Hall–Kier alpha value is -3.30. The molecule has 31 heavy (non-hydrogen) atoms. The van der Waals surface area contributed by atoms with Crippen LogP contribution in [-0.4, -0.2) is 53.4 Å². The number of amides is 5. The number of methoxy groups -OCH3 is 1. The topological polar surface area (TPSA) is 126 Å². The molecule has 0 radical (unpaired) electrons. The van der Waals surface area contributed by atoms with Crippen molar-refractivity contribution in [1.29, 1.82) is 0 Å². The number of imide groups is 1. The maximum Gasteiger partial charge on any atom is 0.325 e. The van der Waals surface area contributed by atoms with Gasteiger partial charge in [-0.3, -0.25) is 25.2 Å². The van der Waals surface area contributed by atoms with Gasteiger partial charge in [-0.1, -0.05) is 12.8 Å². The fourth-order valence-electron chi connectivity index (χ4n) is 3.88. The highest BCUT2D eigenvalue weighted by Gasteiger charge is 2.54. The normalized spacial score (nSPS) is 18.2. The molecule has 1 aliphatic heterocycles. The van der Waals surface area contributed by atoms with Crippen molar-refractivity contribution >= 4 is 23.8 Å². The zero-order valence-electron chi connectivity index (χ0n) is 18.1. The number of hydrogen-bond donors (Lipinski definition) is 3. The smallest absolute Gasteiger partial charge is 0.325 e. The van der Waals surface area contributed by atoms with Crippen molar-refractivity contribution in [2.75, 3.05) is 7.11 Å². The lowest BCUT2D eigenvalue weighted by Gasteiger charge is -2.23. The summed E-state index contributed by atoms with van der Waals surface area (Å²) in [6, 6.07) is 2.96. The summed E-state index contributed by atoms with van der Waals surface area (Å²) in [5.41, 5.74) is 3.92. The molecule has 3 N–H and O–H groups in total. The second kappa shape index (κ2) is 8.83. The van der Waals surface area contributed by atoms with Gasteiger partial charge in [-0.25, -0.2) is 9.69 Å². The van der Waals surface area contributed by atoms with Crippen LogP contribution in [0.3, 0.4) is 0 Å². The summed E-state index contributed by atoms with van der Waals surface area (Å²) in [7, 11) is 1.46. The SMILES string of the molecule is COc1cc(C(=O)NNC(=O)C(C)N2C(=O)NC3(CCCC3)C2=O)ccc1OC(C)C. The summed E-state index contributed by atoms with van der Waals surface area (Å²) >= 11 is 0. The van der Waals surface area contributed by atoms with Crippen molar-refractivity contribution in [2.45, 2.75) is 64.1 Å². The van der Waals surface area contributed by atoms with Crippen LogP contribution in [0.15, 0.2) is 18.2 Å². The van der Waals surface area contributed by atoms with E-state index in [1.165, 1.54) is 26.2 Å². The van der Waals surface area contributed by atoms with Gasteiger partial charge in [-0.2, -0.15) is 0 Å². The van der Waals surface area contributed by atoms with Crippen molar-refractivity contribution < 1.29 is 28.7 Å². The van der Waals surface area contributed by atoms with E-state index in [9.17, 15) is 19.2 Å². The first-order valence-corrected chi connectivity index (χ1v) is 10.3. The molecule has 2 aliphatic rings. The van der Waals surface area contributed by atoms with Crippen LogP contribution in [0.25, 0.3) is 0 Å². The van der Waals surface area contributed by atoms with Crippen molar-refractivity contribution in [1.82, 2.24) is 21.1 Å². The first-order chi connectivity index (χ1) is 14.7. The Labute approximate surface area is 180 Å². The fourth-order valence-corrected chi connectivity index (χ4v) is 3.88. The highest BCUT2D eigenvalue weighted by molar-refractivity contribution is 6.10. The van der Waals surface area contributed by atoms with E-state index in [4.69, 9.17) is 9.47 Å². The molecule has 10 heteroatoms. The number of nitrogens with zero attached hydrogens (tertiary/aromatic N) is 1. The average molecular weight is 432 g/mol. The number of ether oxygens (including phenoxy) is 2. The van der Waals surface area contributed by atoms with Gasteiger partial charge >= 0.3 is 6.03 Å². The van der Waals surface area contributed by atoms with Crippen molar-refractivity contribution in [3.63, 3.8) is 0 Å². The van der Waals surface area contributed by atoms with Gasteiger partial charge in [-0.05, 0) is 51.8 Å². The van der Waals surface area contributed by atoms with E-state index < -0.39 is 35.3 Å². The summed E-state index contributed by atoms with van der Waals surface area (Å²) in [5, 5.41) is 2.73. The molecular weight excluding hydrogens is 404 g/mol. The van der Waals surface area contributed by atoms with Gasteiger partial charge in [0.1, 0.15) is 11.6 Å². The van der Waals surface area contributed by atoms with Crippen LogP contribution in [0.2, 0.25) is 0 Å². The number of hydrazine groups is 1. The first-order valence-electron chi connectivity index (χ1n) is 10.3. The zero-order chi connectivity index (χ0) is 22.8. The monoisotopic (exact) mass is 432 g/mol. The summed E-state index contributed by atoms with van der Waals surface area (Å²) in [6.45, 7) is 5.18. The Balaban J connectivity index is 1.62. The predicted molar refractivity (Wildman–Crippen MR) is 110 cm³/mol. The molecule has 1 aromatic carbocycles. The maximum atomic E-state index is 12.8. The molecule has 1 heterocycles. The molecule has 1 spiro atoms. The van der Waals surface area contributed by atoms with Gasteiger partial charge in [0.05, 0.1) is 13.2 Å². The van der Waals surface area contributed by atoms with Gasteiger partial charge in [0, 0.05) is 5.56 Å². The third-order valence-corrected chi connectivity index (χ3v) is 5.50. The Bertz CT molecular complexity index is 894. The molecule has 10 nitrogen and oxygen atoms in total. The van der Waals surface area contributed by atoms with E-state index in [0.29, 0.717) is 24.3 Å². The van der Waals surface area contributed by atoms with Crippen molar-refractivity contribution in [2.24, 2.45) is 0 Å². The van der Waals surface area contributed by atoms with E-state index in [0.717, 1.165) is 17.7 Å². The van der Waals surface area contributed by atoms with Crippen LogP contribution in [0.4, 0.5) is 4.79 Å². The number of benzene rings is 1. The number of urea groups is 1. The molecule has 1 saturated heterocycles. The van der Waals surface area contributed by atoms with Crippen LogP contribution in [0.5, 0.6) is 11.5 Å². The second-order valence-electron chi connectivity index (χ2n) is 8.05. The molecule has 3 rings (SSSR count). The molecule has 1 unspecified atom stereocenters. The van der Waals surface area contributed by atoms with Gasteiger partial charge in [0.15, 0.2) is 11.5 Å². The number of hydrogen-bond acceptors (Lipinski definition) is 6. The maximum absolute atomic E-state index is 12.8. The summed E-state index contributed by atoms with van der Waals surface area (Å²) < 4.78 is 10.9. The summed E-state index contributed by atoms with van der Waals surface area (Å²) in [6.07, 6.45) is 2.76. The van der Waals surface area contributed by atoms with Gasteiger partial charge in [-0.15, -0.1) is 0 Å². The van der Waals surface area contributed by atoms with E-state index in [1.54, 1.807) is 6.07 Å². The lowest BCUT2D eigenvalue weighted by Crippen LogP contribution is -2.53. The Morgan fingerprint density at radius 1 is 1.10 bits per heavy atom. The Morgan fingerprint density at radius 3 is 2.39 bits per heavy atom. The van der Waals surface area contributed by atoms with E-state index in [1.807, 2.05) is 13.8 Å². The molecular formula is C21H28N4O6. The number of nitrogens with one attached hydrogen (secondary N) is 3. The third-order valence-electron chi connectivity index (χ3n) is 5.50. The molecule has 1 saturated carbocycles. The largest absolute Gasteiger partial charge is 0.493 e. The van der Waals surface area contributed by atoms with Crippen LogP contribution < -0.4 is 25.6 Å². The lowest BCUT2D eigenvalue weighted by molar-refractivity contribution is -0.138. The second-order valence-corrected chi connectivity index (χ2v) is 8.05. The molecule has 0 bridgehead atoms. The Kier molecular flexibility index (Phi) is 6.37. The highest BCUT2D eigenvalue weighted by atomic mass is 16.5. The zero-order valence-corrected chi connectivity index (χ0v) is 18.1. The number of carbonyl (C=O) groups is 4. The van der Waals surface area contributed by atoms with Gasteiger partial charge in [0.25, 0.3) is 17.7 Å². The minimum atomic E-state index is -1.08. The Morgan fingerprint density at radius 2 is 1.77 bits per heavy atom. The van der Waals surface area contributed by atoms with E-state index >= 15 is 0 Å². The first kappa shape index (κ1) is 22.4. The van der Waals surface area contributed by atoms with Crippen molar-refractivity contribution in [3.8, 4) is 11.5 Å². The van der Waals surface area contributed by atoms with Crippen molar-refractivity contribution in [3.05, 3.63) is 23.8 Å². The van der Waals surface area contributed by atoms with Gasteiger partial charge in [0.2, 0.25) is 0 Å². The summed E-state index contributed by atoms with van der Waals surface area (Å²) in [4.78, 5) is 51.0.